The van der Waals surface area contributed by atoms with Gasteiger partial charge in [0.1, 0.15) is 0 Å². The van der Waals surface area contributed by atoms with Gasteiger partial charge in [0.05, 0.1) is 5.41 Å². The average molecular weight is 396 g/mol. The Bertz CT molecular complexity index is 740. The lowest BCUT2D eigenvalue weighted by Crippen LogP contribution is -2.43. The first-order chi connectivity index (χ1) is 14.2. The van der Waals surface area contributed by atoms with E-state index in [-0.39, 0.29) is 5.41 Å². The Hall–Kier alpha value is -1.55. The molecule has 1 amide bonds. The summed E-state index contributed by atoms with van der Waals surface area (Å²) < 4.78 is 0. The second-order valence-corrected chi connectivity index (χ2v) is 9.98. The van der Waals surface area contributed by atoms with E-state index in [2.05, 4.69) is 39.8 Å². The first kappa shape index (κ1) is 19.4. The van der Waals surface area contributed by atoms with Crippen molar-refractivity contribution >= 4 is 17.3 Å². The van der Waals surface area contributed by atoms with E-state index in [1.165, 1.54) is 69.3 Å². The molecule has 1 aromatic rings. The van der Waals surface area contributed by atoms with Crippen LogP contribution in [0.4, 0.5) is 11.4 Å². The van der Waals surface area contributed by atoms with Crippen molar-refractivity contribution in [1.82, 2.24) is 4.90 Å². The monoisotopic (exact) mass is 395 g/mol. The molecule has 0 aromatic heterocycles. The third-order valence-corrected chi connectivity index (χ3v) is 8.28. The number of piperidine rings is 1. The highest BCUT2D eigenvalue weighted by Crippen LogP contribution is 2.46. The third kappa shape index (κ3) is 3.58. The van der Waals surface area contributed by atoms with E-state index >= 15 is 0 Å². The topological polar surface area (TPSA) is 26.8 Å². The summed E-state index contributed by atoms with van der Waals surface area (Å²) in [6.45, 7) is 8.03. The summed E-state index contributed by atoms with van der Waals surface area (Å²) in [4.78, 5) is 20.7. The van der Waals surface area contributed by atoms with Crippen molar-refractivity contribution in [1.29, 1.82) is 0 Å². The summed E-state index contributed by atoms with van der Waals surface area (Å²) in [7, 11) is 0. The van der Waals surface area contributed by atoms with Gasteiger partial charge in [-0.25, -0.2) is 0 Å². The summed E-state index contributed by atoms with van der Waals surface area (Å²) in [6.07, 6.45) is 12.4. The highest BCUT2D eigenvalue weighted by atomic mass is 16.2. The maximum absolute atomic E-state index is 13.3. The van der Waals surface area contributed by atoms with E-state index in [4.69, 9.17) is 0 Å². The molecule has 4 heteroatoms. The molecule has 0 unspecified atom stereocenters. The Balaban J connectivity index is 1.26. The van der Waals surface area contributed by atoms with E-state index in [1.54, 1.807) is 0 Å². The molecule has 1 aromatic carbocycles. The van der Waals surface area contributed by atoms with Crippen molar-refractivity contribution < 1.29 is 4.79 Å². The van der Waals surface area contributed by atoms with Crippen LogP contribution in [-0.4, -0.2) is 49.6 Å². The van der Waals surface area contributed by atoms with Crippen LogP contribution in [0, 0.1) is 12.3 Å². The number of hydrogen-bond donors (Lipinski definition) is 0. The highest BCUT2D eigenvalue weighted by Gasteiger charge is 2.47. The second-order valence-electron chi connectivity index (χ2n) is 9.98. The molecule has 5 rings (SSSR count). The molecule has 4 fully saturated rings. The van der Waals surface area contributed by atoms with Gasteiger partial charge in [0.2, 0.25) is 5.91 Å². The molecule has 29 heavy (non-hydrogen) atoms. The van der Waals surface area contributed by atoms with Crippen LogP contribution in [0.25, 0.3) is 0 Å². The lowest BCUT2D eigenvalue weighted by Gasteiger charge is -2.38. The predicted molar refractivity (Wildman–Crippen MR) is 120 cm³/mol. The molecule has 3 saturated heterocycles. The number of likely N-dealkylation sites (tertiary alicyclic amines) is 1. The van der Waals surface area contributed by atoms with Crippen LogP contribution >= 0.6 is 0 Å². The van der Waals surface area contributed by atoms with Gasteiger partial charge in [0, 0.05) is 37.1 Å². The molecular weight excluding hydrogens is 358 g/mol. The Labute approximate surface area is 176 Å². The quantitative estimate of drug-likeness (QED) is 0.739. The van der Waals surface area contributed by atoms with E-state index in [1.807, 2.05) is 0 Å². The number of nitrogens with zero attached hydrogens (tertiary/aromatic N) is 3. The van der Waals surface area contributed by atoms with Gasteiger partial charge < -0.3 is 14.7 Å². The smallest absolute Gasteiger partial charge is 0.233 e. The van der Waals surface area contributed by atoms with Gasteiger partial charge in [-0.2, -0.15) is 0 Å². The Kier molecular flexibility index (Phi) is 5.32. The molecule has 4 nitrogen and oxygen atoms in total. The molecule has 1 aliphatic carbocycles. The van der Waals surface area contributed by atoms with Gasteiger partial charge >= 0.3 is 0 Å². The minimum atomic E-state index is -0.0409. The maximum Gasteiger partial charge on any atom is 0.233 e. The fourth-order valence-electron chi connectivity index (χ4n) is 6.48. The Morgan fingerprint density at radius 1 is 0.862 bits per heavy atom. The van der Waals surface area contributed by atoms with Crippen LogP contribution in [0.3, 0.4) is 0 Å². The molecule has 4 aliphatic rings. The van der Waals surface area contributed by atoms with Gasteiger partial charge in [-0.3, -0.25) is 4.79 Å². The van der Waals surface area contributed by atoms with Crippen LogP contribution in [-0.2, 0) is 4.79 Å². The number of aryl methyl sites for hydroxylation is 1. The molecule has 0 radical (unpaired) electrons. The van der Waals surface area contributed by atoms with Gasteiger partial charge in [-0.1, -0.05) is 19.3 Å². The Morgan fingerprint density at radius 2 is 1.59 bits per heavy atom. The molecule has 1 saturated carbocycles. The van der Waals surface area contributed by atoms with Gasteiger partial charge in [-0.15, -0.1) is 0 Å². The summed E-state index contributed by atoms with van der Waals surface area (Å²) in [5.74, 6) is 0.402. The standard InChI is InChI=1S/C25H37N3O/c1-20-19-22(27-16-9-21(10-17-27)26-14-5-6-15-26)7-8-23(20)28-18-13-25(24(28)29)11-3-2-4-12-25/h7-8,19,21H,2-6,9-18H2,1H3. The molecule has 1 spiro atoms. The first-order valence-electron chi connectivity index (χ1n) is 12.1. The minimum Gasteiger partial charge on any atom is -0.371 e. The summed E-state index contributed by atoms with van der Waals surface area (Å²) >= 11 is 0. The van der Waals surface area contributed by atoms with Crippen LogP contribution in [0.1, 0.15) is 69.8 Å². The van der Waals surface area contributed by atoms with E-state index in [0.717, 1.165) is 50.6 Å². The summed E-state index contributed by atoms with van der Waals surface area (Å²) in [5, 5.41) is 0. The zero-order chi connectivity index (χ0) is 19.8. The number of amides is 1. The number of rotatable bonds is 3. The molecular formula is C25H37N3O. The number of hydrogen-bond acceptors (Lipinski definition) is 3. The molecule has 0 N–H and O–H groups in total. The number of carbonyl (C=O) groups excluding carboxylic acids is 1. The second kappa shape index (κ2) is 7.94. The van der Waals surface area contributed by atoms with Crippen molar-refractivity contribution in [2.24, 2.45) is 5.41 Å². The lowest BCUT2D eigenvalue weighted by molar-refractivity contribution is -0.127. The van der Waals surface area contributed by atoms with Crippen LogP contribution < -0.4 is 9.80 Å². The van der Waals surface area contributed by atoms with Crippen LogP contribution in [0.5, 0.6) is 0 Å². The summed E-state index contributed by atoms with van der Waals surface area (Å²) in [5.41, 5.74) is 3.70. The van der Waals surface area contributed by atoms with E-state index in [9.17, 15) is 4.79 Å². The van der Waals surface area contributed by atoms with Gasteiger partial charge in [0.15, 0.2) is 0 Å². The van der Waals surface area contributed by atoms with Gasteiger partial charge in [0.25, 0.3) is 0 Å². The zero-order valence-corrected chi connectivity index (χ0v) is 18.2. The SMILES string of the molecule is Cc1cc(N2CCC(N3CCCC3)CC2)ccc1N1CCC2(CCCCC2)C1=O. The average Bonchev–Trinajstić information content (AvgIpc) is 3.39. The third-order valence-electron chi connectivity index (χ3n) is 8.28. The van der Waals surface area contributed by atoms with Crippen LogP contribution in [0.2, 0.25) is 0 Å². The fraction of sp³-hybridized carbons (Fsp3) is 0.720. The Morgan fingerprint density at radius 3 is 2.28 bits per heavy atom. The van der Waals surface area contributed by atoms with Crippen molar-refractivity contribution in [2.75, 3.05) is 42.5 Å². The van der Waals surface area contributed by atoms with Crippen LogP contribution in [0.15, 0.2) is 18.2 Å². The fourth-order valence-corrected chi connectivity index (χ4v) is 6.48. The van der Waals surface area contributed by atoms with Crippen molar-refractivity contribution in [3.8, 4) is 0 Å². The number of benzene rings is 1. The summed E-state index contributed by atoms with van der Waals surface area (Å²) in [6, 6.07) is 7.60. The van der Waals surface area contributed by atoms with E-state index < -0.39 is 0 Å². The van der Waals surface area contributed by atoms with Gasteiger partial charge in [-0.05, 0) is 88.7 Å². The normalized spacial score (nSPS) is 26.0. The van der Waals surface area contributed by atoms with E-state index in [0.29, 0.717) is 5.91 Å². The maximum atomic E-state index is 13.3. The largest absolute Gasteiger partial charge is 0.371 e. The first-order valence-corrected chi connectivity index (χ1v) is 12.1. The zero-order valence-electron chi connectivity index (χ0n) is 18.2. The molecule has 158 valence electrons. The number of anilines is 2. The highest BCUT2D eigenvalue weighted by molar-refractivity contribution is 6.00. The lowest BCUT2D eigenvalue weighted by atomic mass is 9.73. The predicted octanol–water partition coefficient (Wildman–Crippen LogP) is 4.75. The number of carbonyl (C=O) groups is 1. The minimum absolute atomic E-state index is 0.0409. The van der Waals surface area contributed by atoms with Crippen molar-refractivity contribution in [3.63, 3.8) is 0 Å². The molecule has 0 atom stereocenters. The molecule has 3 aliphatic heterocycles. The molecule has 0 bridgehead atoms. The van der Waals surface area contributed by atoms with Crippen molar-refractivity contribution in [2.45, 2.75) is 77.2 Å². The van der Waals surface area contributed by atoms with Crippen molar-refractivity contribution in [3.05, 3.63) is 23.8 Å². The molecule has 3 heterocycles.